The lowest BCUT2D eigenvalue weighted by Gasteiger charge is -2.37. The predicted molar refractivity (Wildman–Crippen MR) is 126 cm³/mol. The first-order chi connectivity index (χ1) is 16.1. The number of amides is 1. The first kappa shape index (κ1) is 25.8. The van der Waals surface area contributed by atoms with Crippen LogP contribution in [0, 0.1) is 11.3 Å². The zero-order chi connectivity index (χ0) is 25.1. The highest BCUT2D eigenvalue weighted by molar-refractivity contribution is 6.38. The van der Waals surface area contributed by atoms with Gasteiger partial charge in [-0.05, 0) is 62.1 Å². The molecule has 1 saturated heterocycles. The Hall–Kier alpha value is -2.77. The molecule has 2 aliphatic rings. The minimum Gasteiger partial charge on any atom is -0.493 e. The number of rotatable bonds is 11. The summed E-state index contributed by atoms with van der Waals surface area (Å²) in [4.78, 5) is 40.6. The van der Waals surface area contributed by atoms with E-state index >= 15 is 0 Å². The highest BCUT2D eigenvalue weighted by atomic mass is 16.5. The molecule has 1 aliphatic heterocycles. The van der Waals surface area contributed by atoms with Crippen LogP contribution in [-0.2, 0) is 25.5 Å². The van der Waals surface area contributed by atoms with Crippen molar-refractivity contribution in [3.63, 3.8) is 0 Å². The van der Waals surface area contributed by atoms with E-state index in [2.05, 4.69) is 0 Å². The van der Waals surface area contributed by atoms with Gasteiger partial charge >= 0.3 is 5.97 Å². The van der Waals surface area contributed by atoms with Crippen molar-refractivity contribution in [2.45, 2.75) is 64.8 Å². The number of ketones is 1. The zero-order valence-electron chi connectivity index (χ0n) is 21.2. The van der Waals surface area contributed by atoms with Gasteiger partial charge in [0.15, 0.2) is 11.5 Å². The molecule has 1 amide bonds. The summed E-state index contributed by atoms with van der Waals surface area (Å²) in [6.07, 6.45) is 3.80. The molecule has 2 atom stereocenters. The van der Waals surface area contributed by atoms with E-state index in [0.29, 0.717) is 55.9 Å². The first-order valence-corrected chi connectivity index (χ1v) is 12.0. The maximum absolute atomic E-state index is 13.2. The van der Waals surface area contributed by atoms with Crippen molar-refractivity contribution in [1.29, 1.82) is 0 Å². The molecule has 8 nitrogen and oxygen atoms in total. The second-order valence-electron chi connectivity index (χ2n) is 9.90. The molecule has 2 bridgehead atoms. The zero-order valence-corrected chi connectivity index (χ0v) is 21.2. The molecule has 1 aliphatic carbocycles. The number of fused-ring (bicyclic) bond motifs is 2. The van der Waals surface area contributed by atoms with Gasteiger partial charge in [-0.1, -0.05) is 20.8 Å². The van der Waals surface area contributed by atoms with E-state index in [1.54, 1.807) is 35.2 Å². The van der Waals surface area contributed by atoms with Gasteiger partial charge in [0.1, 0.15) is 5.54 Å². The van der Waals surface area contributed by atoms with Gasteiger partial charge in [-0.25, -0.2) is 4.79 Å². The number of nitrogens with zero attached hydrogens (tertiary/aromatic N) is 1. The van der Waals surface area contributed by atoms with Crippen molar-refractivity contribution in [2.24, 2.45) is 11.3 Å². The fourth-order valence-corrected chi connectivity index (χ4v) is 4.96. The standard InChI is InChI=1S/C26H37NO7/c1-7-25(2,3)22(28)23(29)27-16-18-10-11-26(27,15-18)24(30)34-12-8-9-17-13-19(31-4)21(33-6)20(14-17)32-5/h13-14,18H,7-12,15-16H2,1-6H3. The molecule has 0 radical (unpaired) electrons. The van der Waals surface area contributed by atoms with Crippen LogP contribution in [0.2, 0.25) is 0 Å². The summed E-state index contributed by atoms with van der Waals surface area (Å²) in [6.45, 7) is 6.11. The number of esters is 1. The molecule has 2 unspecified atom stereocenters. The quantitative estimate of drug-likeness (QED) is 0.274. The average molecular weight is 476 g/mol. The Morgan fingerprint density at radius 2 is 1.74 bits per heavy atom. The fraction of sp³-hybridized carbons (Fsp3) is 0.654. The highest BCUT2D eigenvalue weighted by Crippen LogP contribution is 2.48. The van der Waals surface area contributed by atoms with Crippen LogP contribution in [-0.4, -0.2) is 62.6 Å². The summed E-state index contributed by atoms with van der Waals surface area (Å²) in [5.41, 5.74) is -0.784. The van der Waals surface area contributed by atoms with Crippen LogP contribution < -0.4 is 14.2 Å². The lowest BCUT2D eigenvalue weighted by atomic mass is 9.83. The van der Waals surface area contributed by atoms with Crippen LogP contribution in [0.5, 0.6) is 17.2 Å². The minimum absolute atomic E-state index is 0.221. The van der Waals surface area contributed by atoms with Crippen molar-refractivity contribution < 1.29 is 33.3 Å². The maximum atomic E-state index is 13.2. The monoisotopic (exact) mass is 475 g/mol. The molecule has 1 saturated carbocycles. The highest BCUT2D eigenvalue weighted by Gasteiger charge is 2.59. The van der Waals surface area contributed by atoms with Crippen LogP contribution in [0.25, 0.3) is 0 Å². The lowest BCUT2D eigenvalue weighted by Crippen LogP contribution is -2.57. The predicted octanol–water partition coefficient (Wildman–Crippen LogP) is 3.57. The summed E-state index contributed by atoms with van der Waals surface area (Å²) in [7, 11) is 4.69. The molecular weight excluding hydrogens is 438 g/mol. The molecule has 2 fully saturated rings. The molecule has 3 rings (SSSR count). The van der Waals surface area contributed by atoms with Gasteiger partial charge in [-0.2, -0.15) is 0 Å². The van der Waals surface area contributed by atoms with Crippen LogP contribution in [0.15, 0.2) is 12.1 Å². The van der Waals surface area contributed by atoms with E-state index in [4.69, 9.17) is 18.9 Å². The number of ether oxygens (including phenoxy) is 4. The van der Waals surface area contributed by atoms with Crippen LogP contribution >= 0.6 is 0 Å². The molecular formula is C26H37NO7. The largest absolute Gasteiger partial charge is 0.493 e. The van der Waals surface area contributed by atoms with Crippen molar-refractivity contribution in [3.8, 4) is 17.2 Å². The van der Waals surface area contributed by atoms with Crippen molar-refractivity contribution in [1.82, 2.24) is 4.90 Å². The molecule has 1 aromatic carbocycles. The van der Waals surface area contributed by atoms with Gasteiger partial charge in [0.25, 0.3) is 5.91 Å². The van der Waals surface area contributed by atoms with Gasteiger partial charge < -0.3 is 23.8 Å². The number of carbonyl (C=O) groups is 3. The summed E-state index contributed by atoms with van der Waals surface area (Å²) in [5, 5.41) is 0. The normalized spacial score (nSPS) is 21.4. The van der Waals surface area contributed by atoms with Crippen molar-refractivity contribution in [3.05, 3.63) is 17.7 Å². The smallest absolute Gasteiger partial charge is 0.332 e. The Bertz CT molecular complexity index is 916. The third-order valence-electron chi connectivity index (χ3n) is 7.44. The SMILES string of the molecule is CCC(C)(C)C(=O)C(=O)N1CC2CCC1(C(=O)OCCCc1cc(OC)c(OC)c(OC)c1)C2. The van der Waals surface area contributed by atoms with Crippen LogP contribution in [0.1, 0.15) is 58.4 Å². The molecule has 0 spiro atoms. The second kappa shape index (κ2) is 10.2. The summed E-state index contributed by atoms with van der Waals surface area (Å²) in [6, 6.07) is 3.75. The Morgan fingerprint density at radius 1 is 1.09 bits per heavy atom. The number of hydrogen-bond acceptors (Lipinski definition) is 7. The number of piperidine rings is 1. The van der Waals surface area contributed by atoms with E-state index in [0.717, 1.165) is 12.0 Å². The summed E-state index contributed by atoms with van der Waals surface area (Å²) < 4.78 is 21.8. The Balaban J connectivity index is 1.63. The molecule has 8 heteroatoms. The third kappa shape index (κ3) is 4.72. The molecule has 1 heterocycles. The Kier molecular flexibility index (Phi) is 7.78. The molecule has 34 heavy (non-hydrogen) atoms. The number of benzene rings is 1. The second-order valence-corrected chi connectivity index (χ2v) is 9.90. The number of likely N-dealkylation sites (tertiary alicyclic amines) is 1. The Morgan fingerprint density at radius 3 is 2.26 bits per heavy atom. The van der Waals surface area contributed by atoms with E-state index in [1.807, 2.05) is 19.1 Å². The van der Waals surface area contributed by atoms with Crippen LogP contribution in [0.4, 0.5) is 0 Å². The maximum Gasteiger partial charge on any atom is 0.332 e. The molecule has 188 valence electrons. The number of hydrogen-bond donors (Lipinski definition) is 0. The number of Topliss-reactive ketones (excluding diaryl/α,β-unsaturated/α-hetero) is 1. The Labute approximate surface area is 201 Å². The van der Waals surface area contributed by atoms with Crippen molar-refractivity contribution in [2.75, 3.05) is 34.5 Å². The van der Waals surface area contributed by atoms with Gasteiger partial charge in [-0.3, -0.25) is 9.59 Å². The minimum atomic E-state index is -1.01. The topological polar surface area (TPSA) is 91.4 Å². The summed E-state index contributed by atoms with van der Waals surface area (Å²) >= 11 is 0. The van der Waals surface area contributed by atoms with E-state index in [1.165, 1.54) is 4.90 Å². The number of methoxy groups -OCH3 is 3. The van der Waals surface area contributed by atoms with Gasteiger partial charge in [-0.15, -0.1) is 0 Å². The molecule has 1 aromatic rings. The van der Waals surface area contributed by atoms with Gasteiger partial charge in [0.2, 0.25) is 11.5 Å². The van der Waals surface area contributed by atoms with E-state index in [-0.39, 0.29) is 12.5 Å². The van der Waals surface area contributed by atoms with Crippen LogP contribution in [0.3, 0.4) is 0 Å². The van der Waals surface area contributed by atoms with Crippen molar-refractivity contribution >= 4 is 17.7 Å². The molecule has 0 aromatic heterocycles. The van der Waals surface area contributed by atoms with E-state index in [9.17, 15) is 14.4 Å². The van der Waals surface area contributed by atoms with Gasteiger partial charge in [0, 0.05) is 12.0 Å². The fourth-order valence-electron chi connectivity index (χ4n) is 4.96. The first-order valence-electron chi connectivity index (χ1n) is 12.0. The summed E-state index contributed by atoms with van der Waals surface area (Å²) in [5.74, 6) is 0.539. The third-order valence-corrected chi connectivity index (χ3v) is 7.44. The number of aryl methyl sites for hydroxylation is 1. The van der Waals surface area contributed by atoms with Gasteiger partial charge in [0.05, 0.1) is 27.9 Å². The molecule has 0 N–H and O–H groups in total. The number of carbonyl (C=O) groups excluding carboxylic acids is 3. The lowest BCUT2D eigenvalue weighted by molar-refractivity contribution is -0.165. The van der Waals surface area contributed by atoms with E-state index < -0.39 is 28.6 Å². The average Bonchev–Trinajstić information content (AvgIpc) is 3.45.